The van der Waals surface area contributed by atoms with Gasteiger partial charge in [-0.2, -0.15) is 0 Å². The van der Waals surface area contributed by atoms with Crippen LogP contribution in [0.3, 0.4) is 0 Å². The maximum absolute atomic E-state index is 11.2. The highest BCUT2D eigenvalue weighted by atomic mass is 35.5. The molecule has 0 bridgehead atoms. The molecule has 0 saturated heterocycles. The molecule has 0 aliphatic heterocycles. The second kappa shape index (κ2) is 6.95. The molecule has 20 heavy (non-hydrogen) atoms. The highest BCUT2D eigenvalue weighted by molar-refractivity contribution is 6.31. The number of halogens is 1. The lowest BCUT2D eigenvalue weighted by Gasteiger charge is -2.18. The lowest BCUT2D eigenvalue weighted by atomic mass is 10.1. The normalized spacial score (nSPS) is 15.9. The molecule has 4 nitrogen and oxygen atoms in total. The zero-order valence-electron chi connectivity index (χ0n) is 11.6. The van der Waals surface area contributed by atoms with Gasteiger partial charge < -0.3 is 15.2 Å². The van der Waals surface area contributed by atoms with Crippen LogP contribution in [0.2, 0.25) is 5.02 Å². The number of hydrogen-bond donors (Lipinski definition) is 2. The first kappa shape index (κ1) is 15.1. The standard InChI is InChI=1S/C15H20ClNO3/c1-2-4-14(15(18)19)20-13-6-3-5-12(16)11(13)9-17-10-7-8-10/h3,5-6,10,14,17H,2,4,7-9H2,1H3,(H,18,19). The Labute approximate surface area is 124 Å². The largest absolute Gasteiger partial charge is 0.479 e. The van der Waals surface area contributed by atoms with Crippen LogP contribution in [0, 0.1) is 0 Å². The SMILES string of the molecule is CCCC(Oc1cccc(Cl)c1CNC1CC1)C(=O)O. The average Bonchev–Trinajstić information content (AvgIpc) is 3.21. The van der Waals surface area contributed by atoms with E-state index in [1.165, 1.54) is 12.8 Å². The van der Waals surface area contributed by atoms with Gasteiger partial charge in [0.25, 0.3) is 0 Å². The Morgan fingerprint density at radius 3 is 2.90 bits per heavy atom. The van der Waals surface area contributed by atoms with E-state index in [0.717, 1.165) is 12.0 Å². The van der Waals surface area contributed by atoms with Gasteiger partial charge in [0.05, 0.1) is 0 Å². The van der Waals surface area contributed by atoms with Gasteiger partial charge in [0.1, 0.15) is 5.75 Å². The summed E-state index contributed by atoms with van der Waals surface area (Å²) in [4.78, 5) is 11.2. The molecule has 1 aliphatic rings. The molecule has 0 spiro atoms. The molecule has 110 valence electrons. The third-order valence-electron chi connectivity index (χ3n) is 3.32. The molecule has 1 fully saturated rings. The quantitative estimate of drug-likeness (QED) is 0.773. The van der Waals surface area contributed by atoms with Crippen molar-refractivity contribution < 1.29 is 14.6 Å². The Morgan fingerprint density at radius 2 is 2.30 bits per heavy atom. The van der Waals surface area contributed by atoms with E-state index in [2.05, 4.69) is 5.32 Å². The third kappa shape index (κ3) is 4.12. The lowest BCUT2D eigenvalue weighted by Crippen LogP contribution is -2.27. The zero-order chi connectivity index (χ0) is 14.5. The van der Waals surface area contributed by atoms with Gasteiger partial charge in [0.15, 0.2) is 6.10 Å². The smallest absolute Gasteiger partial charge is 0.344 e. The van der Waals surface area contributed by atoms with Crippen molar-refractivity contribution in [2.45, 2.75) is 51.3 Å². The summed E-state index contributed by atoms with van der Waals surface area (Å²) in [5.41, 5.74) is 0.836. The predicted molar refractivity (Wildman–Crippen MR) is 78.3 cm³/mol. The van der Waals surface area contributed by atoms with Crippen LogP contribution < -0.4 is 10.1 Å². The molecule has 1 aromatic carbocycles. The Balaban J connectivity index is 2.11. The molecule has 0 amide bonds. The number of benzene rings is 1. The van der Waals surface area contributed by atoms with Crippen LogP contribution in [-0.2, 0) is 11.3 Å². The first-order valence-corrected chi connectivity index (χ1v) is 7.39. The van der Waals surface area contributed by atoms with E-state index in [1.807, 2.05) is 6.92 Å². The van der Waals surface area contributed by atoms with Gasteiger partial charge in [-0.15, -0.1) is 0 Å². The van der Waals surface area contributed by atoms with E-state index >= 15 is 0 Å². The summed E-state index contributed by atoms with van der Waals surface area (Å²) in [7, 11) is 0. The van der Waals surface area contributed by atoms with Gasteiger partial charge in [0.2, 0.25) is 0 Å². The van der Waals surface area contributed by atoms with Gasteiger partial charge in [-0.3, -0.25) is 0 Å². The van der Waals surface area contributed by atoms with Crippen molar-refractivity contribution in [1.29, 1.82) is 0 Å². The molecule has 2 rings (SSSR count). The average molecular weight is 298 g/mol. The number of carbonyl (C=O) groups is 1. The summed E-state index contributed by atoms with van der Waals surface area (Å²) in [5.74, 6) is -0.376. The first-order chi connectivity index (χ1) is 9.61. The van der Waals surface area contributed by atoms with E-state index in [4.69, 9.17) is 16.3 Å². The first-order valence-electron chi connectivity index (χ1n) is 7.02. The molecule has 1 saturated carbocycles. The van der Waals surface area contributed by atoms with Crippen molar-refractivity contribution in [2.24, 2.45) is 0 Å². The van der Waals surface area contributed by atoms with E-state index in [1.54, 1.807) is 18.2 Å². The van der Waals surface area contributed by atoms with Crippen LogP contribution in [0.4, 0.5) is 0 Å². The van der Waals surface area contributed by atoms with Gasteiger partial charge in [-0.1, -0.05) is 31.0 Å². The van der Waals surface area contributed by atoms with Crippen molar-refractivity contribution >= 4 is 17.6 Å². The predicted octanol–water partition coefficient (Wildman–Crippen LogP) is 3.22. The number of ether oxygens (including phenoxy) is 1. The second-order valence-electron chi connectivity index (χ2n) is 5.11. The molecule has 1 aromatic rings. The van der Waals surface area contributed by atoms with Gasteiger partial charge >= 0.3 is 5.97 Å². The van der Waals surface area contributed by atoms with Gasteiger partial charge in [-0.05, 0) is 31.4 Å². The summed E-state index contributed by atoms with van der Waals surface area (Å²) in [6, 6.07) is 5.92. The van der Waals surface area contributed by atoms with Gasteiger partial charge in [-0.25, -0.2) is 4.79 Å². The van der Waals surface area contributed by atoms with Crippen LogP contribution in [0.15, 0.2) is 18.2 Å². The number of hydrogen-bond acceptors (Lipinski definition) is 3. The fourth-order valence-electron chi connectivity index (χ4n) is 2.00. The maximum atomic E-state index is 11.2. The third-order valence-corrected chi connectivity index (χ3v) is 3.67. The fourth-order valence-corrected chi connectivity index (χ4v) is 2.24. The lowest BCUT2D eigenvalue weighted by molar-refractivity contribution is -0.145. The molecule has 0 heterocycles. The van der Waals surface area contributed by atoms with Crippen LogP contribution >= 0.6 is 11.6 Å². The summed E-state index contributed by atoms with van der Waals surface area (Å²) in [5, 5.41) is 13.2. The summed E-state index contributed by atoms with van der Waals surface area (Å²) >= 11 is 6.21. The summed E-state index contributed by atoms with van der Waals surface area (Å²) in [6.07, 6.45) is 2.80. The monoisotopic (exact) mass is 297 g/mol. The molecule has 0 radical (unpaired) electrons. The Hall–Kier alpha value is -1.26. The Morgan fingerprint density at radius 1 is 1.55 bits per heavy atom. The van der Waals surface area contributed by atoms with Crippen molar-refractivity contribution in [1.82, 2.24) is 5.32 Å². The van der Waals surface area contributed by atoms with Crippen molar-refractivity contribution in [3.63, 3.8) is 0 Å². The molecule has 5 heteroatoms. The van der Waals surface area contributed by atoms with Crippen LogP contribution in [0.25, 0.3) is 0 Å². The summed E-state index contributed by atoms with van der Waals surface area (Å²) < 4.78 is 5.66. The molecule has 1 aliphatic carbocycles. The number of rotatable bonds is 8. The highest BCUT2D eigenvalue weighted by Crippen LogP contribution is 2.29. The fraction of sp³-hybridized carbons (Fsp3) is 0.533. The number of carboxylic acids is 1. The highest BCUT2D eigenvalue weighted by Gasteiger charge is 2.23. The van der Waals surface area contributed by atoms with Gasteiger partial charge in [0, 0.05) is 23.2 Å². The molecule has 0 aromatic heterocycles. The van der Waals surface area contributed by atoms with Crippen molar-refractivity contribution in [3.05, 3.63) is 28.8 Å². The Kier molecular flexibility index (Phi) is 5.26. The van der Waals surface area contributed by atoms with Crippen LogP contribution in [0.1, 0.15) is 38.2 Å². The minimum atomic E-state index is -0.937. The Bertz CT molecular complexity index is 474. The molecular weight excluding hydrogens is 278 g/mol. The van der Waals surface area contributed by atoms with Crippen molar-refractivity contribution in [3.8, 4) is 5.75 Å². The van der Waals surface area contributed by atoms with Crippen LogP contribution in [0.5, 0.6) is 5.75 Å². The van der Waals surface area contributed by atoms with E-state index in [0.29, 0.717) is 29.8 Å². The van der Waals surface area contributed by atoms with E-state index < -0.39 is 12.1 Å². The zero-order valence-corrected chi connectivity index (χ0v) is 12.3. The van der Waals surface area contributed by atoms with E-state index in [9.17, 15) is 9.90 Å². The number of nitrogens with one attached hydrogen (secondary N) is 1. The maximum Gasteiger partial charge on any atom is 0.344 e. The molecule has 1 atom stereocenters. The van der Waals surface area contributed by atoms with Crippen molar-refractivity contribution in [2.75, 3.05) is 0 Å². The topological polar surface area (TPSA) is 58.6 Å². The number of carboxylic acid groups (broad SMARTS) is 1. The minimum absolute atomic E-state index is 0.483. The second-order valence-corrected chi connectivity index (χ2v) is 5.51. The van der Waals surface area contributed by atoms with Crippen LogP contribution in [-0.4, -0.2) is 23.2 Å². The van der Waals surface area contributed by atoms with E-state index in [-0.39, 0.29) is 0 Å². The summed E-state index contributed by atoms with van der Waals surface area (Å²) in [6.45, 7) is 2.55. The minimum Gasteiger partial charge on any atom is -0.479 e. The molecule has 1 unspecified atom stereocenters. The number of aliphatic carboxylic acids is 1. The molecular formula is C15H20ClNO3. The molecule has 2 N–H and O–H groups in total.